The summed E-state index contributed by atoms with van der Waals surface area (Å²) < 4.78 is 26.9. The molecule has 7 nitrogen and oxygen atoms in total. The van der Waals surface area contributed by atoms with Gasteiger partial charge < -0.3 is 5.11 Å². The van der Waals surface area contributed by atoms with E-state index in [0.29, 0.717) is 0 Å². The van der Waals surface area contributed by atoms with Crippen LogP contribution in [0.1, 0.15) is 10.4 Å². The number of hydrogen-bond donors (Lipinski definition) is 2. The molecule has 0 spiro atoms. The van der Waals surface area contributed by atoms with Crippen molar-refractivity contribution < 1.29 is 18.3 Å². The predicted octanol–water partition coefficient (Wildman–Crippen LogP) is 1.74. The molecule has 0 atom stereocenters. The van der Waals surface area contributed by atoms with Gasteiger partial charge in [0.25, 0.3) is 10.0 Å². The number of carboxylic acids is 1. The monoisotopic (exact) mass is 357 g/mol. The van der Waals surface area contributed by atoms with Gasteiger partial charge in [-0.25, -0.2) is 27.9 Å². The Hall–Kier alpha value is -2.00. The van der Waals surface area contributed by atoms with Crippen LogP contribution in [0.15, 0.2) is 46.0 Å². The Morgan fingerprint density at radius 2 is 1.70 bits per heavy atom. The number of nitrogens with zero attached hydrogens (tertiary/aromatic N) is 2. The number of rotatable bonds is 4. The van der Waals surface area contributed by atoms with Crippen molar-refractivity contribution in [2.75, 3.05) is 4.72 Å². The summed E-state index contributed by atoms with van der Waals surface area (Å²) in [6, 6.07) is 6.00. The van der Waals surface area contributed by atoms with E-state index in [-0.39, 0.29) is 16.4 Å². The molecule has 20 heavy (non-hydrogen) atoms. The topological polar surface area (TPSA) is 109 Å². The van der Waals surface area contributed by atoms with Crippen molar-refractivity contribution in [1.82, 2.24) is 9.97 Å². The molecule has 1 aromatic heterocycles. The standard InChI is InChI=1S/C11H8BrN3O4S/c12-8-1-3-9(4-2-8)20(18,19)15-11-13-5-7(6-14-11)10(16)17/h1-6H,(H,16,17)(H,13,14,15). The predicted molar refractivity (Wildman–Crippen MR) is 73.9 cm³/mol. The molecule has 0 saturated carbocycles. The molecule has 0 radical (unpaired) electrons. The van der Waals surface area contributed by atoms with Crippen LogP contribution in [-0.2, 0) is 10.0 Å². The van der Waals surface area contributed by atoms with Gasteiger partial charge in [0, 0.05) is 16.9 Å². The van der Waals surface area contributed by atoms with Gasteiger partial charge in [0.1, 0.15) is 0 Å². The fourth-order valence-electron chi connectivity index (χ4n) is 1.28. The number of sulfonamides is 1. The van der Waals surface area contributed by atoms with Crippen molar-refractivity contribution in [3.63, 3.8) is 0 Å². The highest BCUT2D eigenvalue weighted by molar-refractivity contribution is 9.10. The van der Waals surface area contributed by atoms with Gasteiger partial charge in [0.05, 0.1) is 10.5 Å². The van der Waals surface area contributed by atoms with Gasteiger partial charge >= 0.3 is 5.97 Å². The molecule has 0 bridgehead atoms. The summed E-state index contributed by atoms with van der Waals surface area (Å²) in [7, 11) is -3.81. The van der Waals surface area contributed by atoms with Crippen LogP contribution < -0.4 is 4.72 Å². The van der Waals surface area contributed by atoms with Gasteiger partial charge in [0.15, 0.2) is 0 Å². The fraction of sp³-hybridized carbons (Fsp3) is 0. The summed E-state index contributed by atoms with van der Waals surface area (Å²) in [5.41, 5.74) is -0.128. The van der Waals surface area contributed by atoms with E-state index < -0.39 is 16.0 Å². The van der Waals surface area contributed by atoms with Gasteiger partial charge in [-0.2, -0.15) is 0 Å². The normalized spacial score (nSPS) is 11.1. The Labute approximate surface area is 122 Å². The molecule has 0 aliphatic rings. The van der Waals surface area contributed by atoms with Crippen LogP contribution in [0.4, 0.5) is 5.95 Å². The van der Waals surface area contributed by atoms with Crippen molar-refractivity contribution >= 4 is 37.9 Å². The van der Waals surface area contributed by atoms with Crippen LogP contribution in [0.25, 0.3) is 0 Å². The smallest absolute Gasteiger partial charge is 0.338 e. The molecule has 0 fully saturated rings. The van der Waals surface area contributed by atoms with E-state index >= 15 is 0 Å². The number of hydrogen-bond acceptors (Lipinski definition) is 5. The Bertz CT molecular complexity index is 729. The lowest BCUT2D eigenvalue weighted by molar-refractivity contribution is 0.0696. The molecule has 2 N–H and O–H groups in total. The van der Waals surface area contributed by atoms with E-state index in [2.05, 4.69) is 30.6 Å². The summed E-state index contributed by atoms with van der Waals surface area (Å²) in [5, 5.41) is 8.69. The summed E-state index contributed by atoms with van der Waals surface area (Å²) in [6.45, 7) is 0. The Morgan fingerprint density at radius 1 is 1.15 bits per heavy atom. The van der Waals surface area contributed by atoms with Crippen LogP contribution in [0, 0.1) is 0 Å². The summed E-state index contributed by atoms with van der Waals surface area (Å²) >= 11 is 3.20. The van der Waals surface area contributed by atoms with E-state index in [1.54, 1.807) is 12.1 Å². The number of halogens is 1. The summed E-state index contributed by atoms with van der Waals surface area (Å²) in [4.78, 5) is 17.9. The molecule has 9 heteroatoms. The minimum atomic E-state index is -3.81. The quantitative estimate of drug-likeness (QED) is 0.862. The third-order valence-electron chi connectivity index (χ3n) is 2.25. The summed E-state index contributed by atoms with van der Waals surface area (Å²) in [6.07, 6.45) is 2.05. The minimum Gasteiger partial charge on any atom is -0.478 e. The number of carboxylic acid groups (broad SMARTS) is 1. The lowest BCUT2D eigenvalue weighted by Gasteiger charge is -2.06. The molecular formula is C11H8BrN3O4S. The highest BCUT2D eigenvalue weighted by Crippen LogP contribution is 2.16. The Balaban J connectivity index is 2.24. The van der Waals surface area contributed by atoms with Crippen LogP contribution in [0.5, 0.6) is 0 Å². The molecule has 0 saturated heterocycles. The molecule has 104 valence electrons. The van der Waals surface area contributed by atoms with Gasteiger partial charge in [-0.05, 0) is 24.3 Å². The van der Waals surface area contributed by atoms with Gasteiger partial charge in [-0.15, -0.1) is 0 Å². The number of aromatic carboxylic acids is 1. The average Bonchev–Trinajstić information content (AvgIpc) is 2.39. The highest BCUT2D eigenvalue weighted by atomic mass is 79.9. The Morgan fingerprint density at radius 3 is 2.20 bits per heavy atom. The van der Waals surface area contributed by atoms with Crippen LogP contribution in [-0.4, -0.2) is 29.5 Å². The van der Waals surface area contributed by atoms with Crippen molar-refractivity contribution in [3.8, 4) is 0 Å². The molecule has 0 aliphatic carbocycles. The fourth-order valence-corrected chi connectivity index (χ4v) is 2.51. The van der Waals surface area contributed by atoms with Gasteiger partial charge in [0.2, 0.25) is 5.95 Å². The maximum atomic E-state index is 12.0. The first-order valence-electron chi connectivity index (χ1n) is 5.22. The molecule has 0 aliphatic heterocycles. The molecule has 0 amide bonds. The SMILES string of the molecule is O=C(O)c1cnc(NS(=O)(=O)c2ccc(Br)cc2)nc1. The van der Waals surface area contributed by atoms with Crippen LogP contribution >= 0.6 is 15.9 Å². The van der Waals surface area contributed by atoms with E-state index in [4.69, 9.17) is 5.11 Å². The molecule has 1 heterocycles. The third-order valence-corrected chi connectivity index (χ3v) is 4.12. The molecule has 2 rings (SSSR count). The zero-order chi connectivity index (χ0) is 14.8. The molecule has 0 unspecified atom stereocenters. The van der Waals surface area contributed by atoms with Crippen molar-refractivity contribution in [3.05, 3.63) is 46.7 Å². The number of nitrogens with one attached hydrogen (secondary N) is 1. The highest BCUT2D eigenvalue weighted by Gasteiger charge is 2.15. The maximum absolute atomic E-state index is 12.0. The van der Waals surface area contributed by atoms with Gasteiger partial charge in [-0.1, -0.05) is 15.9 Å². The maximum Gasteiger partial charge on any atom is 0.338 e. The van der Waals surface area contributed by atoms with Gasteiger partial charge in [-0.3, -0.25) is 0 Å². The average molecular weight is 358 g/mol. The lowest BCUT2D eigenvalue weighted by atomic mass is 10.4. The van der Waals surface area contributed by atoms with Crippen LogP contribution in [0.3, 0.4) is 0 Å². The second kappa shape index (κ2) is 5.55. The number of anilines is 1. The second-order valence-electron chi connectivity index (χ2n) is 3.66. The zero-order valence-electron chi connectivity index (χ0n) is 9.82. The largest absolute Gasteiger partial charge is 0.478 e. The second-order valence-corrected chi connectivity index (χ2v) is 6.26. The molecular weight excluding hydrogens is 350 g/mol. The zero-order valence-corrected chi connectivity index (χ0v) is 12.2. The van der Waals surface area contributed by atoms with E-state index in [1.807, 2.05) is 0 Å². The first-order chi connectivity index (χ1) is 9.38. The van der Waals surface area contributed by atoms with Crippen molar-refractivity contribution in [2.24, 2.45) is 0 Å². The van der Waals surface area contributed by atoms with Crippen LogP contribution in [0.2, 0.25) is 0 Å². The third kappa shape index (κ3) is 3.31. The van der Waals surface area contributed by atoms with E-state index in [1.165, 1.54) is 12.1 Å². The first kappa shape index (κ1) is 14.4. The number of benzene rings is 1. The van der Waals surface area contributed by atoms with E-state index in [9.17, 15) is 13.2 Å². The van der Waals surface area contributed by atoms with Crippen molar-refractivity contribution in [1.29, 1.82) is 0 Å². The molecule has 2 aromatic rings. The summed E-state index contributed by atoms with van der Waals surface area (Å²) in [5.74, 6) is -1.38. The number of aromatic nitrogens is 2. The lowest BCUT2D eigenvalue weighted by Crippen LogP contribution is -2.15. The molecule has 1 aromatic carbocycles. The van der Waals surface area contributed by atoms with E-state index in [0.717, 1.165) is 16.9 Å². The van der Waals surface area contributed by atoms with Crippen molar-refractivity contribution in [2.45, 2.75) is 4.90 Å². The first-order valence-corrected chi connectivity index (χ1v) is 7.50. The Kier molecular flexibility index (Phi) is 4.00. The number of carbonyl (C=O) groups is 1. The minimum absolute atomic E-state index is 0.0478.